The predicted octanol–water partition coefficient (Wildman–Crippen LogP) is 3.73. The van der Waals surface area contributed by atoms with E-state index < -0.39 is 5.82 Å². The lowest BCUT2D eigenvalue weighted by atomic mass is 10.1. The lowest BCUT2D eigenvalue weighted by Crippen LogP contribution is -2.21. The summed E-state index contributed by atoms with van der Waals surface area (Å²) < 4.78 is 13.0. The number of nitrogens with one attached hydrogen (secondary N) is 2. The fourth-order valence-electron chi connectivity index (χ4n) is 1.78. The average molecular weight is 321 g/mol. The zero-order valence-electron chi connectivity index (χ0n) is 11.8. The number of hydrogen-bond acceptors (Lipinski definition) is 3. The molecule has 0 saturated heterocycles. The van der Waals surface area contributed by atoms with Crippen LogP contribution in [0, 0.1) is 5.82 Å². The summed E-state index contributed by atoms with van der Waals surface area (Å²) in [4.78, 5) is 23.0. The second-order valence-corrected chi connectivity index (χ2v) is 5.07. The third-order valence-corrected chi connectivity index (χ3v) is 3.24. The fourth-order valence-corrected chi connectivity index (χ4v) is 1.96. The minimum atomic E-state index is -0.512. The topological polar surface area (TPSA) is 58.2 Å². The first-order valence-corrected chi connectivity index (χ1v) is 6.93. The van der Waals surface area contributed by atoms with Crippen LogP contribution in [0.4, 0.5) is 15.8 Å². The van der Waals surface area contributed by atoms with E-state index in [1.165, 1.54) is 25.1 Å². The molecular formula is C16H14ClFN2O2. The predicted molar refractivity (Wildman–Crippen MR) is 85.0 cm³/mol. The van der Waals surface area contributed by atoms with Crippen molar-refractivity contribution in [2.45, 2.75) is 6.92 Å². The molecule has 22 heavy (non-hydrogen) atoms. The number of carbonyl (C=O) groups excluding carboxylic acids is 2. The number of anilines is 2. The van der Waals surface area contributed by atoms with Gasteiger partial charge >= 0.3 is 0 Å². The van der Waals surface area contributed by atoms with Crippen LogP contribution in [0.5, 0.6) is 0 Å². The maximum absolute atomic E-state index is 13.0. The van der Waals surface area contributed by atoms with E-state index in [9.17, 15) is 14.0 Å². The van der Waals surface area contributed by atoms with Crippen LogP contribution >= 0.6 is 11.6 Å². The van der Waals surface area contributed by atoms with Gasteiger partial charge in [0.25, 0.3) is 0 Å². The van der Waals surface area contributed by atoms with Crippen LogP contribution in [0.1, 0.15) is 17.3 Å². The molecule has 0 aliphatic heterocycles. The molecule has 114 valence electrons. The highest BCUT2D eigenvalue weighted by Crippen LogP contribution is 2.19. The van der Waals surface area contributed by atoms with Gasteiger partial charge in [-0.3, -0.25) is 9.59 Å². The molecule has 1 amide bonds. The van der Waals surface area contributed by atoms with Gasteiger partial charge in [-0.2, -0.15) is 0 Å². The molecule has 4 nitrogen and oxygen atoms in total. The minimum Gasteiger partial charge on any atom is -0.376 e. The van der Waals surface area contributed by atoms with Gasteiger partial charge in [-0.15, -0.1) is 0 Å². The van der Waals surface area contributed by atoms with Gasteiger partial charge in [0.15, 0.2) is 5.78 Å². The van der Waals surface area contributed by atoms with Crippen molar-refractivity contribution >= 4 is 34.7 Å². The second kappa shape index (κ2) is 7.04. The van der Waals surface area contributed by atoms with Gasteiger partial charge in [-0.05, 0) is 49.4 Å². The van der Waals surface area contributed by atoms with Crippen molar-refractivity contribution in [2.24, 2.45) is 0 Å². The highest BCUT2D eigenvalue weighted by Gasteiger charge is 2.05. The Labute approximate surface area is 132 Å². The summed E-state index contributed by atoms with van der Waals surface area (Å²) in [5, 5.41) is 5.52. The van der Waals surface area contributed by atoms with Crippen LogP contribution in [0.25, 0.3) is 0 Å². The van der Waals surface area contributed by atoms with Crippen LogP contribution in [-0.4, -0.2) is 18.2 Å². The van der Waals surface area contributed by atoms with Crippen LogP contribution in [0.3, 0.4) is 0 Å². The number of halogens is 2. The molecule has 0 bridgehead atoms. The number of ketones is 1. The third-order valence-electron chi connectivity index (χ3n) is 2.95. The molecule has 0 heterocycles. The monoisotopic (exact) mass is 320 g/mol. The molecule has 0 aromatic heterocycles. The lowest BCUT2D eigenvalue weighted by molar-refractivity contribution is -0.114. The quantitative estimate of drug-likeness (QED) is 0.825. The van der Waals surface area contributed by atoms with E-state index in [-0.39, 0.29) is 23.3 Å². The molecule has 0 aliphatic rings. The second-order valence-electron chi connectivity index (χ2n) is 4.66. The summed E-state index contributed by atoms with van der Waals surface area (Å²) in [6.45, 7) is 1.49. The average Bonchev–Trinajstić information content (AvgIpc) is 2.49. The Balaban J connectivity index is 1.89. The molecule has 2 N–H and O–H groups in total. The Bertz CT molecular complexity index is 702. The summed E-state index contributed by atoms with van der Waals surface area (Å²) in [7, 11) is 0. The molecule has 0 saturated carbocycles. The van der Waals surface area contributed by atoms with Gasteiger partial charge in [0.05, 0.1) is 11.6 Å². The fraction of sp³-hybridized carbons (Fsp3) is 0.125. The normalized spacial score (nSPS) is 10.1. The number of rotatable bonds is 5. The Morgan fingerprint density at radius 3 is 2.32 bits per heavy atom. The Morgan fingerprint density at radius 1 is 1.09 bits per heavy atom. The number of hydrogen-bond donors (Lipinski definition) is 2. The number of carbonyl (C=O) groups is 2. The molecule has 6 heteroatoms. The van der Waals surface area contributed by atoms with Gasteiger partial charge in [0, 0.05) is 16.9 Å². The maximum atomic E-state index is 13.0. The van der Waals surface area contributed by atoms with E-state index in [0.717, 1.165) is 0 Å². The summed E-state index contributed by atoms with van der Waals surface area (Å²) in [6, 6.07) is 10.7. The van der Waals surface area contributed by atoms with Crippen molar-refractivity contribution in [3.8, 4) is 0 Å². The molecule has 2 aromatic carbocycles. The highest BCUT2D eigenvalue weighted by molar-refractivity contribution is 6.31. The zero-order chi connectivity index (χ0) is 16.1. The van der Waals surface area contributed by atoms with E-state index in [4.69, 9.17) is 11.6 Å². The Kier molecular flexibility index (Phi) is 5.12. The first-order chi connectivity index (χ1) is 10.5. The lowest BCUT2D eigenvalue weighted by Gasteiger charge is -2.08. The van der Waals surface area contributed by atoms with E-state index >= 15 is 0 Å². The maximum Gasteiger partial charge on any atom is 0.243 e. The minimum absolute atomic E-state index is 0.00905. The van der Waals surface area contributed by atoms with E-state index in [2.05, 4.69) is 10.6 Å². The molecule has 0 fully saturated rings. The number of amides is 1. The van der Waals surface area contributed by atoms with Crippen molar-refractivity contribution in [1.29, 1.82) is 0 Å². The van der Waals surface area contributed by atoms with Crippen LogP contribution in [0.15, 0.2) is 42.5 Å². The standard InChI is InChI=1S/C16H14ClFN2O2/c1-10(21)11-2-4-12(5-3-11)20-16(22)9-19-13-6-7-15(18)14(17)8-13/h2-8,19H,9H2,1H3,(H,20,22). The molecule has 2 rings (SSSR count). The molecule has 0 spiro atoms. The van der Waals surface area contributed by atoms with Crippen molar-refractivity contribution in [1.82, 2.24) is 0 Å². The first-order valence-electron chi connectivity index (χ1n) is 6.55. The van der Waals surface area contributed by atoms with E-state index in [1.54, 1.807) is 24.3 Å². The molecule has 0 radical (unpaired) electrons. The number of benzene rings is 2. The van der Waals surface area contributed by atoms with Crippen molar-refractivity contribution in [3.05, 3.63) is 58.9 Å². The smallest absolute Gasteiger partial charge is 0.243 e. The van der Waals surface area contributed by atoms with Gasteiger partial charge < -0.3 is 10.6 Å². The van der Waals surface area contributed by atoms with E-state index in [0.29, 0.717) is 16.9 Å². The van der Waals surface area contributed by atoms with Crippen LogP contribution in [0.2, 0.25) is 5.02 Å². The van der Waals surface area contributed by atoms with Crippen LogP contribution < -0.4 is 10.6 Å². The molecule has 0 unspecified atom stereocenters. The van der Waals surface area contributed by atoms with Crippen molar-refractivity contribution < 1.29 is 14.0 Å². The van der Waals surface area contributed by atoms with Gasteiger partial charge in [-0.1, -0.05) is 11.6 Å². The van der Waals surface area contributed by atoms with Crippen molar-refractivity contribution in [2.75, 3.05) is 17.2 Å². The summed E-state index contributed by atoms with van der Waals surface area (Å²) in [5.41, 5.74) is 1.72. The summed E-state index contributed by atoms with van der Waals surface area (Å²) in [6.07, 6.45) is 0. The SMILES string of the molecule is CC(=O)c1ccc(NC(=O)CNc2ccc(F)c(Cl)c2)cc1. The third kappa shape index (κ3) is 4.30. The molecular weight excluding hydrogens is 307 g/mol. The molecule has 0 atom stereocenters. The van der Waals surface area contributed by atoms with Crippen LogP contribution in [-0.2, 0) is 4.79 Å². The number of Topliss-reactive ketones (excluding diaryl/α,β-unsaturated/α-hetero) is 1. The zero-order valence-corrected chi connectivity index (χ0v) is 12.6. The summed E-state index contributed by atoms with van der Waals surface area (Å²) >= 11 is 5.66. The molecule has 0 aliphatic carbocycles. The van der Waals surface area contributed by atoms with Gasteiger partial charge in [0.1, 0.15) is 5.82 Å². The van der Waals surface area contributed by atoms with Crippen molar-refractivity contribution in [3.63, 3.8) is 0 Å². The Hall–Kier alpha value is -2.40. The first kappa shape index (κ1) is 16.0. The molecule has 2 aromatic rings. The van der Waals surface area contributed by atoms with Gasteiger partial charge in [0.2, 0.25) is 5.91 Å². The van der Waals surface area contributed by atoms with Gasteiger partial charge in [-0.25, -0.2) is 4.39 Å². The highest BCUT2D eigenvalue weighted by atomic mass is 35.5. The summed E-state index contributed by atoms with van der Waals surface area (Å²) in [5.74, 6) is -0.814. The largest absolute Gasteiger partial charge is 0.376 e. The Morgan fingerprint density at radius 2 is 1.73 bits per heavy atom. The van der Waals surface area contributed by atoms with E-state index in [1.807, 2.05) is 0 Å².